The van der Waals surface area contributed by atoms with Crippen LogP contribution in [0.4, 0.5) is 0 Å². The minimum absolute atomic E-state index is 0.291. The standard InChI is InChI=1S/C21H35N5O3S/c1-15(19(27)24-14-16-8-4-3-5-9-16)25-21(29)18(11-13-30-2)26-20(28)17(23)10-6-7-12-22/h3-5,8-9,15,17-18H,6-7,10-14,22-23H2,1-2H3,(H,24,27)(H,25,29)(H,26,28)/t15-,17-,18-/m0/s1. The van der Waals surface area contributed by atoms with E-state index in [1.54, 1.807) is 18.7 Å². The van der Waals surface area contributed by atoms with Crippen LogP contribution in [0.2, 0.25) is 0 Å². The summed E-state index contributed by atoms with van der Waals surface area (Å²) in [6.45, 7) is 2.55. The van der Waals surface area contributed by atoms with Crippen molar-refractivity contribution in [2.75, 3.05) is 18.6 Å². The monoisotopic (exact) mass is 437 g/mol. The van der Waals surface area contributed by atoms with Gasteiger partial charge < -0.3 is 27.4 Å². The highest BCUT2D eigenvalue weighted by atomic mass is 32.2. The summed E-state index contributed by atoms with van der Waals surface area (Å²) >= 11 is 1.57. The number of unbranched alkanes of at least 4 members (excludes halogenated alkanes) is 1. The number of hydrogen-bond donors (Lipinski definition) is 5. The Morgan fingerprint density at radius 2 is 1.70 bits per heavy atom. The molecule has 0 aromatic heterocycles. The second-order valence-corrected chi connectivity index (χ2v) is 8.15. The van der Waals surface area contributed by atoms with Crippen LogP contribution < -0.4 is 27.4 Å². The Balaban J connectivity index is 2.57. The molecule has 8 nitrogen and oxygen atoms in total. The average molecular weight is 438 g/mol. The predicted octanol–water partition coefficient (Wildman–Crippen LogP) is 0.502. The number of amides is 3. The highest BCUT2D eigenvalue weighted by Gasteiger charge is 2.25. The number of nitrogens with one attached hydrogen (secondary N) is 3. The van der Waals surface area contributed by atoms with Gasteiger partial charge in [0.25, 0.3) is 0 Å². The summed E-state index contributed by atoms with van der Waals surface area (Å²) in [5.41, 5.74) is 12.4. The van der Waals surface area contributed by atoms with Gasteiger partial charge in [0.05, 0.1) is 6.04 Å². The van der Waals surface area contributed by atoms with Crippen LogP contribution in [0.5, 0.6) is 0 Å². The van der Waals surface area contributed by atoms with E-state index in [1.807, 2.05) is 36.6 Å². The van der Waals surface area contributed by atoms with Crippen LogP contribution in [0, 0.1) is 0 Å². The summed E-state index contributed by atoms with van der Waals surface area (Å²) in [4.78, 5) is 37.4. The van der Waals surface area contributed by atoms with Crippen LogP contribution in [-0.2, 0) is 20.9 Å². The van der Waals surface area contributed by atoms with Gasteiger partial charge in [0.2, 0.25) is 17.7 Å². The van der Waals surface area contributed by atoms with Gasteiger partial charge in [-0.3, -0.25) is 14.4 Å². The molecule has 0 radical (unpaired) electrons. The largest absolute Gasteiger partial charge is 0.350 e. The van der Waals surface area contributed by atoms with E-state index < -0.39 is 24.0 Å². The maximum atomic E-state index is 12.7. The minimum Gasteiger partial charge on any atom is -0.350 e. The minimum atomic E-state index is -0.741. The van der Waals surface area contributed by atoms with Crippen molar-refractivity contribution in [3.05, 3.63) is 35.9 Å². The topological polar surface area (TPSA) is 139 Å². The van der Waals surface area contributed by atoms with Crippen LogP contribution in [0.25, 0.3) is 0 Å². The molecule has 0 aliphatic heterocycles. The molecule has 0 aliphatic rings. The first-order valence-electron chi connectivity index (χ1n) is 10.3. The Morgan fingerprint density at radius 1 is 1.00 bits per heavy atom. The van der Waals surface area contributed by atoms with Crippen LogP contribution in [0.15, 0.2) is 30.3 Å². The van der Waals surface area contributed by atoms with E-state index >= 15 is 0 Å². The van der Waals surface area contributed by atoms with E-state index in [4.69, 9.17) is 11.5 Å². The molecule has 0 heterocycles. The van der Waals surface area contributed by atoms with Crippen LogP contribution in [0.3, 0.4) is 0 Å². The quantitative estimate of drug-likeness (QED) is 0.269. The van der Waals surface area contributed by atoms with Crippen molar-refractivity contribution >= 4 is 29.5 Å². The maximum absolute atomic E-state index is 12.7. The van der Waals surface area contributed by atoms with E-state index in [-0.39, 0.29) is 11.8 Å². The van der Waals surface area contributed by atoms with Crippen molar-refractivity contribution in [1.29, 1.82) is 0 Å². The fourth-order valence-corrected chi connectivity index (χ4v) is 3.21. The molecule has 3 amide bonds. The molecule has 0 saturated heterocycles. The van der Waals surface area contributed by atoms with Gasteiger partial charge in [0, 0.05) is 6.54 Å². The number of carbonyl (C=O) groups is 3. The van der Waals surface area contributed by atoms with Gasteiger partial charge in [-0.05, 0) is 50.3 Å². The smallest absolute Gasteiger partial charge is 0.243 e. The van der Waals surface area contributed by atoms with Gasteiger partial charge in [0.15, 0.2) is 0 Å². The Morgan fingerprint density at radius 3 is 2.33 bits per heavy atom. The zero-order chi connectivity index (χ0) is 22.4. The number of nitrogens with two attached hydrogens (primary N) is 2. The number of rotatable bonds is 14. The SMILES string of the molecule is CSCC[C@H](NC(=O)[C@@H](N)CCCCN)C(=O)N[C@@H](C)C(=O)NCc1ccccc1. The summed E-state index contributed by atoms with van der Waals surface area (Å²) in [6, 6.07) is 7.36. The summed E-state index contributed by atoms with van der Waals surface area (Å²) in [6.07, 6.45) is 4.44. The second kappa shape index (κ2) is 14.8. The molecule has 0 aliphatic carbocycles. The van der Waals surface area contributed by atoms with Crippen LogP contribution in [0.1, 0.15) is 38.2 Å². The van der Waals surface area contributed by atoms with E-state index in [2.05, 4.69) is 16.0 Å². The van der Waals surface area contributed by atoms with Crippen LogP contribution >= 0.6 is 11.8 Å². The fraction of sp³-hybridized carbons (Fsp3) is 0.571. The molecule has 1 aromatic rings. The molecule has 1 aromatic carbocycles. The van der Waals surface area contributed by atoms with E-state index in [0.717, 1.165) is 18.4 Å². The fourth-order valence-electron chi connectivity index (χ4n) is 2.74. The van der Waals surface area contributed by atoms with Gasteiger partial charge in [-0.2, -0.15) is 11.8 Å². The van der Waals surface area contributed by atoms with E-state index in [0.29, 0.717) is 31.7 Å². The first-order valence-corrected chi connectivity index (χ1v) is 11.6. The van der Waals surface area contributed by atoms with E-state index in [1.165, 1.54) is 0 Å². The Hall–Kier alpha value is -2.10. The van der Waals surface area contributed by atoms with Crippen molar-refractivity contribution in [2.24, 2.45) is 11.5 Å². The van der Waals surface area contributed by atoms with Crippen molar-refractivity contribution in [3.63, 3.8) is 0 Å². The lowest BCUT2D eigenvalue weighted by Crippen LogP contribution is -2.55. The first-order chi connectivity index (χ1) is 14.4. The van der Waals surface area contributed by atoms with Gasteiger partial charge >= 0.3 is 0 Å². The molecule has 0 bridgehead atoms. The molecule has 168 valence electrons. The molecule has 3 atom stereocenters. The molecule has 1 rings (SSSR count). The van der Waals surface area contributed by atoms with Gasteiger partial charge in [-0.25, -0.2) is 0 Å². The maximum Gasteiger partial charge on any atom is 0.243 e. The zero-order valence-electron chi connectivity index (χ0n) is 17.9. The molecular weight excluding hydrogens is 402 g/mol. The Bertz CT molecular complexity index is 659. The normalized spacial score (nSPS) is 13.7. The highest BCUT2D eigenvalue weighted by Crippen LogP contribution is 2.04. The van der Waals surface area contributed by atoms with Crippen LogP contribution in [-0.4, -0.2) is 54.4 Å². The average Bonchev–Trinajstić information content (AvgIpc) is 2.75. The molecule has 9 heteroatoms. The van der Waals surface area contributed by atoms with Gasteiger partial charge in [-0.15, -0.1) is 0 Å². The summed E-state index contributed by atoms with van der Waals surface area (Å²) in [5.74, 6) is -0.362. The van der Waals surface area contributed by atoms with Crippen molar-refractivity contribution in [3.8, 4) is 0 Å². The third kappa shape index (κ3) is 10.1. The molecule has 0 fully saturated rings. The number of hydrogen-bond acceptors (Lipinski definition) is 6. The zero-order valence-corrected chi connectivity index (χ0v) is 18.7. The number of thioether (sulfide) groups is 1. The van der Waals surface area contributed by atoms with Gasteiger partial charge in [0.1, 0.15) is 12.1 Å². The summed E-state index contributed by atoms with van der Waals surface area (Å²) < 4.78 is 0. The lowest BCUT2D eigenvalue weighted by atomic mass is 10.1. The van der Waals surface area contributed by atoms with Crippen molar-refractivity contribution in [2.45, 2.75) is 57.3 Å². The first kappa shape index (κ1) is 25.9. The molecule has 30 heavy (non-hydrogen) atoms. The molecular formula is C21H35N5O3S. The summed E-state index contributed by atoms with van der Waals surface area (Å²) in [5, 5.41) is 8.22. The molecule has 0 unspecified atom stereocenters. The highest BCUT2D eigenvalue weighted by molar-refractivity contribution is 7.98. The lowest BCUT2D eigenvalue weighted by molar-refractivity contribution is -0.132. The third-order valence-electron chi connectivity index (χ3n) is 4.61. The third-order valence-corrected chi connectivity index (χ3v) is 5.26. The molecule has 0 spiro atoms. The number of benzene rings is 1. The Labute approximate surface area is 183 Å². The Kier molecular flexibility index (Phi) is 12.8. The van der Waals surface area contributed by atoms with Crippen molar-refractivity contribution in [1.82, 2.24) is 16.0 Å². The van der Waals surface area contributed by atoms with Gasteiger partial charge in [-0.1, -0.05) is 36.8 Å². The lowest BCUT2D eigenvalue weighted by Gasteiger charge is -2.22. The summed E-state index contributed by atoms with van der Waals surface area (Å²) in [7, 11) is 0. The number of carbonyl (C=O) groups excluding carboxylic acids is 3. The molecule has 7 N–H and O–H groups in total. The predicted molar refractivity (Wildman–Crippen MR) is 122 cm³/mol. The van der Waals surface area contributed by atoms with Crippen molar-refractivity contribution < 1.29 is 14.4 Å². The van der Waals surface area contributed by atoms with E-state index in [9.17, 15) is 14.4 Å². The second-order valence-electron chi connectivity index (χ2n) is 7.17. The molecule has 0 saturated carbocycles.